The van der Waals surface area contributed by atoms with Crippen molar-refractivity contribution in [3.63, 3.8) is 0 Å². The van der Waals surface area contributed by atoms with Gasteiger partial charge in [0.05, 0.1) is 5.56 Å². The topological polar surface area (TPSA) is 23.5 Å². The zero-order valence-corrected chi connectivity index (χ0v) is 11.7. The third kappa shape index (κ3) is 2.65. The van der Waals surface area contributed by atoms with Crippen LogP contribution in [0.15, 0.2) is 36.4 Å². The van der Waals surface area contributed by atoms with E-state index in [0.717, 1.165) is 5.69 Å². The molecule has 1 N–H and O–H groups in total. The van der Waals surface area contributed by atoms with Crippen LogP contribution in [-0.2, 0) is 0 Å². The molecule has 20 heavy (non-hydrogen) atoms. The maximum atomic E-state index is 14.0. The van der Waals surface area contributed by atoms with Gasteiger partial charge >= 0.3 is 0 Å². The fourth-order valence-electron chi connectivity index (χ4n) is 2.05. The molecule has 0 amide bonds. The predicted octanol–water partition coefficient (Wildman–Crippen LogP) is 3.42. The van der Waals surface area contributed by atoms with Crippen molar-refractivity contribution in [3.8, 4) is 0 Å². The van der Waals surface area contributed by atoms with Gasteiger partial charge < -0.3 is 10.0 Å². The van der Waals surface area contributed by atoms with Crippen molar-refractivity contribution in [2.24, 2.45) is 0 Å². The van der Waals surface area contributed by atoms with E-state index in [1.165, 1.54) is 12.1 Å². The van der Waals surface area contributed by atoms with Crippen molar-refractivity contribution in [2.75, 3.05) is 19.0 Å². The Labute approximate surface area is 117 Å². The lowest BCUT2D eigenvalue weighted by atomic mass is 9.98. The van der Waals surface area contributed by atoms with Crippen LogP contribution in [-0.4, -0.2) is 19.2 Å². The number of aliphatic hydroxyl groups excluding tert-OH is 1. The van der Waals surface area contributed by atoms with E-state index in [1.807, 2.05) is 19.0 Å². The summed E-state index contributed by atoms with van der Waals surface area (Å²) in [5, 5.41) is 10.2. The van der Waals surface area contributed by atoms with E-state index in [1.54, 1.807) is 31.2 Å². The van der Waals surface area contributed by atoms with Crippen molar-refractivity contribution in [3.05, 3.63) is 64.7 Å². The molecular formula is C16H17F2NO. The first-order valence-corrected chi connectivity index (χ1v) is 6.31. The van der Waals surface area contributed by atoms with Crippen LogP contribution < -0.4 is 4.90 Å². The van der Waals surface area contributed by atoms with Gasteiger partial charge in [-0.15, -0.1) is 0 Å². The maximum Gasteiger partial charge on any atom is 0.135 e. The molecular weight excluding hydrogens is 260 g/mol. The average Bonchev–Trinajstić information content (AvgIpc) is 2.43. The van der Waals surface area contributed by atoms with Crippen LogP contribution in [0.1, 0.15) is 22.8 Å². The van der Waals surface area contributed by atoms with Crippen molar-refractivity contribution in [1.29, 1.82) is 0 Å². The lowest BCUT2D eigenvalue weighted by Crippen LogP contribution is -2.10. The van der Waals surface area contributed by atoms with E-state index in [4.69, 9.17) is 0 Å². The van der Waals surface area contributed by atoms with Crippen LogP contribution in [0.25, 0.3) is 0 Å². The van der Waals surface area contributed by atoms with E-state index in [0.29, 0.717) is 11.1 Å². The molecule has 0 spiro atoms. The molecule has 2 aromatic carbocycles. The van der Waals surface area contributed by atoms with Gasteiger partial charge in [0.15, 0.2) is 0 Å². The summed E-state index contributed by atoms with van der Waals surface area (Å²) in [6, 6.07) is 9.46. The van der Waals surface area contributed by atoms with Crippen LogP contribution in [0.2, 0.25) is 0 Å². The van der Waals surface area contributed by atoms with Gasteiger partial charge in [0, 0.05) is 19.8 Å². The third-order valence-corrected chi connectivity index (χ3v) is 3.32. The Bertz CT molecular complexity index is 609. The Hall–Kier alpha value is -1.94. The second-order valence-electron chi connectivity index (χ2n) is 4.98. The lowest BCUT2D eigenvalue weighted by molar-refractivity contribution is 0.209. The lowest BCUT2D eigenvalue weighted by Gasteiger charge is -2.17. The zero-order chi connectivity index (χ0) is 14.9. The van der Waals surface area contributed by atoms with Crippen molar-refractivity contribution < 1.29 is 13.9 Å². The Kier molecular flexibility index (Phi) is 4.04. The monoisotopic (exact) mass is 277 g/mol. The summed E-state index contributed by atoms with van der Waals surface area (Å²) >= 11 is 0. The Morgan fingerprint density at radius 2 is 1.60 bits per heavy atom. The molecule has 1 unspecified atom stereocenters. The molecule has 106 valence electrons. The first kappa shape index (κ1) is 14.5. The molecule has 1 atom stereocenters. The fourth-order valence-corrected chi connectivity index (χ4v) is 2.05. The Morgan fingerprint density at radius 3 is 2.15 bits per heavy atom. The number of hydrogen-bond donors (Lipinski definition) is 1. The quantitative estimate of drug-likeness (QED) is 0.929. The molecule has 0 heterocycles. The molecule has 2 rings (SSSR count). The summed E-state index contributed by atoms with van der Waals surface area (Å²) in [6.45, 7) is 1.54. The molecule has 0 aliphatic rings. The predicted molar refractivity (Wildman–Crippen MR) is 75.9 cm³/mol. The van der Waals surface area contributed by atoms with Gasteiger partial charge in [-0.2, -0.15) is 0 Å². The first-order chi connectivity index (χ1) is 9.41. The molecule has 0 aliphatic carbocycles. The number of aryl methyl sites for hydroxylation is 1. The number of benzene rings is 2. The van der Waals surface area contributed by atoms with Crippen LogP contribution >= 0.6 is 0 Å². The number of aliphatic hydroxyl groups is 1. The van der Waals surface area contributed by atoms with E-state index >= 15 is 0 Å². The van der Waals surface area contributed by atoms with Crippen molar-refractivity contribution in [2.45, 2.75) is 13.0 Å². The van der Waals surface area contributed by atoms with Crippen LogP contribution in [0.3, 0.4) is 0 Å². The van der Waals surface area contributed by atoms with Crippen LogP contribution in [0.5, 0.6) is 0 Å². The van der Waals surface area contributed by atoms with E-state index in [-0.39, 0.29) is 5.56 Å². The maximum absolute atomic E-state index is 14.0. The summed E-state index contributed by atoms with van der Waals surface area (Å²) in [4.78, 5) is 1.91. The van der Waals surface area contributed by atoms with Crippen molar-refractivity contribution in [1.82, 2.24) is 0 Å². The Balaban J connectivity index is 2.41. The van der Waals surface area contributed by atoms with Gasteiger partial charge in [0.25, 0.3) is 0 Å². The molecule has 0 radical (unpaired) electrons. The van der Waals surface area contributed by atoms with Gasteiger partial charge in [-0.25, -0.2) is 8.78 Å². The van der Waals surface area contributed by atoms with Crippen LogP contribution in [0.4, 0.5) is 14.5 Å². The average molecular weight is 277 g/mol. The first-order valence-electron chi connectivity index (χ1n) is 6.31. The molecule has 2 aromatic rings. The van der Waals surface area contributed by atoms with Gasteiger partial charge in [-0.1, -0.05) is 18.2 Å². The standard InChI is InChI=1S/C16H17F2NO/c1-10-4-9-13(17)14(15(10)18)16(20)11-5-7-12(8-6-11)19(2)3/h4-9,16,20H,1-3H3. The van der Waals surface area contributed by atoms with Gasteiger partial charge in [-0.05, 0) is 36.2 Å². The summed E-state index contributed by atoms with van der Waals surface area (Å²) in [7, 11) is 3.79. The number of anilines is 1. The van der Waals surface area contributed by atoms with E-state index in [9.17, 15) is 13.9 Å². The largest absolute Gasteiger partial charge is 0.383 e. The number of rotatable bonds is 3. The number of nitrogens with zero attached hydrogens (tertiary/aromatic N) is 1. The second kappa shape index (κ2) is 5.59. The van der Waals surface area contributed by atoms with E-state index < -0.39 is 17.7 Å². The number of halogens is 2. The summed E-state index contributed by atoms with van der Waals surface area (Å²) in [5.74, 6) is -1.44. The molecule has 4 heteroatoms. The molecule has 0 bridgehead atoms. The minimum absolute atomic E-state index is 0.303. The zero-order valence-electron chi connectivity index (χ0n) is 11.7. The highest BCUT2D eigenvalue weighted by Gasteiger charge is 2.21. The van der Waals surface area contributed by atoms with Gasteiger partial charge in [0.1, 0.15) is 17.7 Å². The minimum Gasteiger partial charge on any atom is -0.383 e. The second-order valence-corrected chi connectivity index (χ2v) is 4.98. The number of hydrogen-bond acceptors (Lipinski definition) is 2. The summed E-state index contributed by atoms with van der Waals surface area (Å²) < 4.78 is 27.8. The molecule has 0 saturated carbocycles. The highest BCUT2D eigenvalue weighted by atomic mass is 19.1. The van der Waals surface area contributed by atoms with Gasteiger partial charge in [-0.3, -0.25) is 0 Å². The highest BCUT2D eigenvalue weighted by Crippen LogP contribution is 2.29. The SMILES string of the molecule is Cc1ccc(F)c(C(O)c2ccc(N(C)C)cc2)c1F. The minimum atomic E-state index is -1.31. The summed E-state index contributed by atoms with van der Waals surface area (Å²) in [6.07, 6.45) is -1.31. The van der Waals surface area contributed by atoms with Crippen LogP contribution in [0, 0.1) is 18.6 Å². The van der Waals surface area contributed by atoms with E-state index in [2.05, 4.69) is 0 Å². The third-order valence-electron chi connectivity index (χ3n) is 3.32. The van der Waals surface area contributed by atoms with Crippen molar-refractivity contribution >= 4 is 5.69 Å². The molecule has 0 aliphatic heterocycles. The molecule has 0 saturated heterocycles. The molecule has 2 nitrogen and oxygen atoms in total. The Morgan fingerprint density at radius 1 is 1.00 bits per heavy atom. The smallest absolute Gasteiger partial charge is 0.135 e. The fraction of sp³-hybridized carbons (Fsp3) is 0.250. The normalized spacial score (nSPS) is 12.3. The highest BCUT2D eigenvalue weighted by molar-refractivity contribution is 5.47. The summed E-state index contributed by atoms with van der Waals surface area (Å²) in [5.41, 5.74) is 1.41. The van der Waals surface area contributed by atoms with Gasteiger partial charge in [0.2, 0.25) is 0 Å². The molecule has 0 aromatic heterocycles. The molecule has 0 fully saturated rings.